The van der Waals surface area contributed by atoms with E-state index in [4.69, 9.17) is 4.52 Å². The van der Waals surface area contributed by atoms with Gasteiger partial charge in [-0.3, -0.25) is 4.79 Å². The maximum Gasteiger partial charge on any atom is 0.287 e. The first-order valence-corrected chi connectivity index (χ1v) is 8.64. The van der Waals surface area contributed by atoms with Gasteiger partial charge in [-0.1, -0.05) is 35.5 Å². The minimum atomic E-state index is -0.247. The van der Waals surface area contributed by atoms with Crippen LogP contribution in [-0.2, 0) is 6.54 Å². The van der Waals surface area contributed by atoms with Crippen molar-refractivity contribution in [1.82, 2.24) is 25.0 Å². The van der Waals surface area contributed by atoms with Gasteiger partial charge in [0.25, 0.3) is 5.91 Å². The number of carbonyl (C=O) groups excluding carboxylic acids is 1. The number of nitrogens with one attached hydrogen (secondary N) is 1. The Morgan fingerprint density at radius 1 is 1.22 bits per heavy atom. The summed E-state index contributed by atoms with van der Waals surface area (Å²) in [6.07, 6.45) is 1.74. The molecule has 136 valence electrons. The molecule has 0 aliphatic rings. The second-order valence-electron chi connectivity index (χ2n) is 6.35. The Morgan fingerprint density at radius 2 is 2.00 bits per heavy atom. The molecule has 0 fully saturated rings. The van der Waals surface area contributed by atoms with E-state index >= 15 is 0 Å². The number of aryl methyl sites for hydroxylation is 2. The second kappa shape index (κ2) is 6.68. The average molecular weight is 361 g/mol. The predicted molar refractivity (Wildman–Crippen MR) is 101 cm³/mol. The van der Waals surface area contributed by atoms with Gasteiger partial charge in [-0.05, 0) is 25.5 Å². The molecule has 0 aliphatic heterocycles. The fourth-order valence-corrected chi connectivity index (χ4v) is 3.25. The molecule has 4 aromatic rings. The van der Waals surface area contributed by atoms with Crippen molar-refractivity contribution in [3.05, 3.63) is 65.4 Å². The van der Waals surface area contributed by atoms with Gasteiger partial charge in [-0.2, -0.15) is 0 Å². The Hall–Kier alpha value is -3.48. The Bertz CT molecular complexity index is 1110. The third-order valence-electron chi connectivity index (χ3n) is 4.54. The highest BCUT2D eigenvalue weighted by molar-refractivity contribution is 5.94. The average Bonchev–Trinajstić information content (AvgIpc) is 3.21. The molecule has 7 heteroatoms. The highest BCUT2D eigenvalue weighted by Gasteiger charge is 2.20. The van der Waals surface area contributed by atoms with Crippen molar-refractivity contribution in [3.8, 4) is 11.1 Å². The summed E-state index contributed by atoms with van der Waals surface area (Å²) in [4.78, 5) is 21.3. The van der Waals surface area contributed by atoms with Gasteiger partial charge in [0.15, 0.2) is 5.65 Å². The molecule has 7 nitrogen and oxygen atoms in total. The first-order valence-electron chi connectivity index (χ1n) is 8.64. The minimum absolute atomic E-state index is 0.247. The van der Waals surface area contributed by atoms with Crippen LogP contribution in [-0.4, -0.2) is 32.6 Å². The van der Waals surface area contributed by atoms with E-state index in [0.29, 0.717) is 18.0 Å². The summed E-state index contributed by atoms with van der Waals surface area (Å²) in [7, 11) is 1.59. The largest absolute Gasteiger partial charge is 0.361 e. The fourth-order valence-electron chi connectivity index (χ4n) is 3.25. The van der Waals surface area contributed by atoms with Gasteiger partial charge in [0.2, 0.25) is 5.82 Å². The number of hydrogen-bond acceptors (Lipinski definition) is 5. The molecule has 0 aliphatic carbocycles. The molecule has 0 atom stereocenters. The molecular formula is C20H19N5O2. The molecule has 0 unspecified atom stereocenters. The first-order chi connectivity index (χ1) is 13.1. The number of imidazole rings is 1. The van der Waals surface area contributed by atoms with Crippen molar-refractivity contribution in [2.75, 3.05) is 7.05 Å². The second-order valence-corrected chi connectivity index (χ2v) is 6.35. The molecule has 1 amide bonds. The zero-order valence-corrected chi connectivity index (χ0v) is 15.4. The molecule has 1 N–H and O–H groups in total. The van der Waals surface area contributed by atoms with Crippen LogP contribution in [0.4, 0.5) is 0 Å². The lowest BCUT2D eigenvalue weighted by molar-refractivity contribution is 0.0949. The Kier molecular flexibility index (Phi) is 4.19. The number of aromatic nitrogens is 4. The Balaban J connectivity index is 1.91. The van der Waals surface area contributed by atoms with E-state index in [2.05, 4.69) is 20.4 Å². The van der Waals surface area contributed by atoms with Crippen LogP contribution in [0.5, 0.6) is 0 Å². The number of carbonyl (C=O) groups is 1. The van der Waals surface area contributed by atoms with Crippen LogP contribution in [0, 0.1) is 13.8 Å². The van der Waals surface area contributed by atoms with Gasteiger partial charge in [-0.15, -0.1) is 0 Å². The maximum atomic E-state index is 12.4. The normalized spacial score (nSPS) is 11.1. The van der Waals surface area contributed by atoms with Gasteiger partial charge in [0.1, 0.15) is 5.76 Å². The summed E-state index contributed by atoms with van der Waals surface area (Å²) >= 11 is 0. The maximum absolute atomic E-state index is 12.4. The van der Waals surface area contributed by atoms with Crippen LogP contribution in [0.1, 0.15) is 27.6 Å². The molecule has 0 saturated carbocycles. The Morgan fingerprint density at radius 3 is 2.67 bits per heavy atom. The van der Waals surface area contributed by atoms with E-state index in [9.17, 15) is 4.79 Å². The van der Waals surface area contributed by atoms with Crippen molar-refractivity contribution in [2.24, 2.45) is 0 Å². The number of pyridine rings is 1. The first kappa shape index (κ1) is 17.0. The van der Waals surface area contributed by atoms with Gasteiger partial charge in [0.05, 0.1) is 11.2 Å². The van der Waals surface area contributed by atoms with Crippen molar-refractivity contribution in [1.29, 1.82) is 0 Å². The topological polar surface area (TPSA) is 85.8 Å². The van der Waals surface area contributed by atoms with Gasteiger partial charge in [0, 0.05) is 30.9 Å². The van der Waals surface area contributed by atoms with Crippen molar-refractivity contribution in [3.63, 3.8) is 0 Å². The number of benzene rings is 1. The van der Waals surface area contributed by atoms with Crippen LogP contribution in [0.3, 0.4) is 0 Å². The van der Waals surface area contributed by atoms with Crippen LogP contribution in [0.2, 0.25) is 0 Å². The molecule has 0 radical (unpaired) electrons. The van der Waals surface area contributed by atoms with E-state index in [-0.39, 0.29) is 5.91 Å². The summed E-state index contributed by atoms with van der Waals surface area (Å²) in [6, 6.07) is 11.9. The SMILES string of the molecule is CNC(=O)c1nc2ncc(-c3c(C)noc3C)cc2n1Cc1ccccc1. The number of nitrogens with zero attached hydrogens (tertiary/aromatic N) is 4. The third-order valence-corrected chi connectivity index (χ3v) is 4.54. The highest BCUT2D eigenvalue weighted by atomic mass is 16.5. The lowest BCUT2D eigenvalue weighted by Gasteiger charge is -2.09. The van der Waals surface area contributed by atoms with Crippen molar-refractivity contribution < 1.29 is 9.32 Å². The number of rotatable bonds is 4. The summed E-state index contributed by atoms with van der Waals surface area (Å²) in [5.41, 5.74) is 4.99. The smallest absolute Gasteiger partial charge is 0.287 e. The Labute approximate surface area is 156 Å². The third kappa shape index (κ3) is 2.97. The summed E-state index contributed by atoms with van der Waals surface area (Å²) < 4.78 is 7.17. The lowest BCUT2D eigenvalue weighted by atomic mass is 10.1. The standard InChI is InChI=1S/C20H19N5O2/c1-12-17(13(2)27-24-12)15-9-16-18(22-10-15)23-19(20(26)21-3)25(16)11-14-7-5-4-6-8-14/h4-10H,11H2,1-3H3,(H,21,26). The number of amides is 1. The molecule has 3 aromatic heterocycles. The van der Waals surface area contributed by atoms with E-state index in [0.717, 1.165) is 33.7 Å². The van der Waals surface area contributed by atoms with E-state index < -0.39 is 0 Å². The van der Waals surface area contributed by atoms with Crippen LogP contribution < -0.4 is 5.32 Å². The fraction of sp³-hybridized carbons (Fsp3) is 0.200. The zero-order valence-electron chi connectivity index (χ0n) is 15.4. The van der Waals surface area contributed by atoms with Gasteiger partial charge < -0.3 is 14.4 Å². The molecule has 27 heavy (non-hydrogen) atoms. The molecule has 3 heterocycles. The van der Waals surface area contributed by atoms with Crippen molar-refractivity contribution >= 4 is 17.1 Å². The van der Waals surface area contributed by atoms with Gasteiger partial charge >= 0.3 is 0 Å². The molecular weight excluding hydrogens is 342 g/mol. The number of fused-ring (bicyclic) bond motifs is 1. The lowest BCUT2D eigenvalue weighted by Crippen LogP contribution is -2.23. The minimum Gasteiger partial charge on any atom is -0.361 e. The van der Waals surface area contributed by atoms with Crippen LogP contribution in [0.25, 0.3) is 22.3 Å². The highest BCUT2D eigenvalue weighted by Crippen LogP contribution is 2.29. The van der Waals surface area contributed by atoms with E-state index in [1.165, 1.54) is 0 Å². The summed E-state index contributed by atoms with van der Waals surface area (Å²) in [5, 5.41) is 6.67. The molecule has 0 bridgehead atoms. The monoisotopic (exact) mass is 361 g/mol. The van der Waals surface area contributed by atoms with Crippen molar-refractivity contribution in [2.45, 2.75) is 20.4 Å². The summed E-state index contributed by atoms with van der Waals surface area (Å²) in [5.74, 6) is 0.817. The molecule has 0 saturated heterocycles. The van der Waals surface area contributed by atoms with E-state index in [1.54, 1.807) is 13.2 Å². The molecule has 4 rings (SSSR count). The molecule has 0 spiro atoms. The molecule has 1 aromatic carbocycles. The quantitative estimate of drug-likeness (QED) is 0.604. The number of hydrogen-bond donors (Lipinski definition) is 1. The van der Waals surface area contributed by atoms with Gasteiger partial charge in [-0.25, -0.2) is 9.97 Å². The van der Waals surface area contributed by atoms with E-state index in [1.807, 2.05) is 54.8 Å². The zero-order chi connectivity index (χ0) is 19.0. The van der Waals surface area contributed by atoms with Crippen LogP contribution in [0.15, 0.2) is 47.1 Å². The predicted octanol–water partition coefficient (Wildman–Crippen LogP) is 3.11. The van der Waals surface area contributed by atoms with Crippen LogP contribution >= 0.6 is 0 Å². The summed E-state index contributed by atoms with van der Waals surface area (Å²) in [6.45, 7) is 4.29.